The van der Waals surface area contributed by atoms with E-state index in [-0.39, 0.29) is 11.6 Å². The van der Waals surface area contributed by atoms with E-state index in [4.69, 9.17) is 10.5 Å². The number of ether oxygens (including phenoxy) is 1. The first kappa shape index (κ1) is 15.3. The molecule has 106 valence electrons. The van der Waals surface area contributed by atoms with Gasteiger partial charge in [0, 0.05) is 18.0 Å². The molecule has 1 aromatic rings. The summed E-state index contributed by atoms with van der Waals surface area (Å²) < 4.78 is 5.42. The van der Waals surface area contributed by atoms with Crippen molar-refractivity contribution in [2.24, 2.45) is 5.92 Å². The molecule has 0 aliphatic heterocycles. The van der Waals surface area contributed by atoms with Gasteiger partial charge in [-0.2, -0.15) is 0 Å². The zero-order valence-corrected chi connectivity index (χ0v) is 11.6. The molecule has 4 N–H and O–H groups in total. The van der Waals surface area contributed by atoms with Gasteiger partial charge in [0.15, 0.2) is 0 Å². The standard InChI is InChI=1S/C14H22N2O3/c1-4-19-8-13(9(2)3)16-12-6-5-10(15)7-11(12)14(17)18/h5-7,9,13,16H,4,8,15H2,1-3H3,(H,17,18). The maximum atomic E-state index is 11.2. The van der Waals surface area contributed by atoms with E-state index < -0.39 is 5.97 Å². The molecular formula is C14H22N2O3. The Morgan fingerprint density at radius 3 is 2.68 bits per heavy atom. The Hall–Kier alpha value is -1.75. The molecule has 0 aliphatic carbocycles. The Morgan fingerprint density at radius 1 is 1.47 bits per heavy atom. The van der Waals surface area contributed by atoms with Crippen LogP contribution in [0.2, 0.25) is 0 Å². The number of carbonyl (C=O) groups is 1. The minimum absolute atomic E-state index is 0.0571. The van der Waals surface area contributed by atoms with Crippen molar-refractivity contribution in [1.82, 2.24) is 0 Å². The van der Waals surface area contributed by atoms with E-state index in [0.717, 1.165) is 0 Å². The Kier molecular flexibility index (Phi) is 5.63. The first-order chi connectivity index (χ1) is 8.95. The lowest BCUT2D eigenvalue weighted by molar-refractivity contribution is 0.0697. The zero-order chi connectivity index (χ0) is 14.4. The fraction of sp³-hybridized carbons (Fsp3) is 0.500. The fourth-order valence-corrected chi connectivity index (χ4v) is 1.71. The average Bonchev–Trinajstić information content (AvgIpc) is 2.35. The molecular weight excluding hydrogens is 244 g/mol. The van der Waals surface area contributed by atoms with Gasteiger partial charge >= 0.3 is 5.97 Å². The minimum Gasteiger partial charge on any atom is -0.478 e. The number of nitrogens with two attached hydrogens (primary N) is 1. The highest BCUT2D eigenvalue weighted by Gasteiger charge is 2.17. The van der Waals surface area contributed by atoms with E-state index in [1.54, 1.807) is 12.1 Å². The molecule has 5 heteroatoms. The van der Waals surface area contributed by atoms with Crippen molar-refractivity contribution in [2.45, 2.75) is 26.8 Å². The molecule has 1 unspecified atom stereocenters. The third-order valence-electron chi connectivity index (χ3n) is 2.92. The molecule has 0 aromatic heterocycles. The summed E-state index contributed by atoms with van der Waals surface area (Å²) >= 11 is 0. The van der Waals surface area contributed by atoms with Gasteiger partial charge in [0.05, 0.1) is 18.2 Å². The normalized spacial score (nSPS) is 12.4. The van der Waals surface area contributed by atoms with E-state index in [2.05, 4.69) is 19.2 Å². The number of nitrogens with one attached hydrogen (secondary N) is 1. The molecule has 0 saturated carbocycles. The quantitative estimate of drug-likeness (QED) is 0.660. The van der Waals surface area contributed by atoms with Crippen LogP contribution in [-0.2, 0) is 4.74 Å². The second kappa shape index (κ2) is 6.99. The molecule has 5 nitrogen and oxygen atoms in total. The summed E-state index contributed by atoms with van der Waals surface area (Å²) in [5.74, 6) is -0.667. The number of hydrogen-bond acceptors (Lipinski definition) is 4. The number of carboxylic acid groups (broad SMARTS) is 1. The number of benzene rings is 1. The van der Waals surface area contributed by atoms with Crippen LogP contribution in [-0.4, -0.2) is 30.3 Å². The van der Waals surface area contributed by atoms with Gasteiger partial charge in [-0.3, -0.25) is 0 Å². The van der Waals surface area contributed by atoms with Crippen molar-refractivity contribution < 1.29 is 14.6 Å². The molecule has 19 heavy (non-hydrogen) atoms. The summed E-state index contributed by atoms with van der Waals surface area (Å²) in [6.07, 6.45) is 0. The zero-order valence-electron chi connectivity index (χ0n) is 11.6. The van der Waals surface area contributed by atoms with Crippen LogP contribution in [0.1, 0.15) is 31.1 Å². The fourth-order valence-electron chi connectivity index (χ4n) is 1.71. The van der Waals surface area contributed by atoms with Gasteiger partial charge < -0.3 is 20.9 Å². The van der Waals surface area contributed by atoms with E-state index in [1.807, 2.05) is 6.92 Å². The minimum atomic E-state index is -0.992. The van der Waals surface area contributed by atoms with Crippen molar-refractivity contribution >= 4 is 17.3 Å². The lowest BCUT2D eigenvalue weighted by atomic mass is 10.0. The molecule has 0 radical (unpaired) electrons. The molecule has 0 bridgehead atoms. The van der Waals surface area contributed by atoms with E-state index in [9.17, 15) is 9.90 Å². The van der Waals surface area contributed by atoms with Crippen molar-refractivity contribution in [3.05, 3.63) is 23.8 Å². The number of carboxylic acids is 1. The van der Waals surface area contributed by atoms with E-state index >= 15 is 0 Å². The van der Waals surface area contributed by atoms with E-state index in [0.29, 0.717) is 30.5 Å². The second-order valence-electron chi connectivity index (χ2n) is 4.76. The van der Waals surface area contributed by atoms with Crippen molar-refractivity contribution in [3.63, 3.8) is 0 Å². The number of hydrogen-bond donors (Lipinski definition) is 3. The van der Waals surface area contributed by atoms with Crippen LogP contribution in [0.5, 0.6) is 0 Å². The van der Waals surface area contributed by atoms with E-state index in [1.165, 1.54) is 6.07 Å². The molecule has 0 heterocycles. The molecule has 0 saturated heterocycles. The van der Waals surface area contributed by atoms with Crippen LogP contribution >= 0.6 is 0 Å². The third-order valence-corrected chi connectivity index (χ3v) is 2.92. The largest absolute Gasteiger partial charge is 0.478 e. The van der Waals surface area contributed by atoms with Crippen molar-refractivity contribution in [3.8, 4) is 0 Å². The Labute approximate surface area is 113 Å². The average molecular weight is 266 g/mol. The number of nitrogen functional groups attached to an aromatic ring is 1. The van der Waals surface area contributed by atoms with Crippen LogP contribution in [0.3, 0.4) is 0 Å². The number of aromatic carboxylic acids is 1. The Morgan fingerprint density at radius 2 is 2.16 bits per heavy atom. The van der Waals surface area contributed by atoms with Crippen molar-refractivity contribution in [1.29, 1.82) is 0 Å². The third kappa shape index (κ3) is 4.44. The van der Waals surface area contributed by atoms with Crippen LogP contribution in [0.4, 0.5) is 11.4 Å². The molecule has 1 rings (SSSR count). The van der Waals surface area contributed by atoms with Gasteiger partial charge in [0.2, 0.25) is 0 Å². The molecule has 0 spiro atoms. The highest BCUT2D eigenvalue weighted by Crippen LogP contribution is 2.21. The first-order valence-electron chi connectivity index (χ1n) is 6.42. The summed E-state index contributed by atoms with van der Waals surface area (Å²) in [6.45, 7) is 7.24. The molecule has 0 fully saturated rings. The molecule has 1 atom stereocenters. The van der Waals surface area contributed by atoms with Crippen molar-refractivity contribution in [2.75, 3.05) is 24.3 Å². The van der Waals surface area contributed by atoms with Crippen LogP contribution in [0.15, 0.2) is 18.2 Å². The summed E-state index contributed by atoms with van der Waals surface area (Å²) in [7, 11) is 0. The predicted octanol–water partition coefficient (Wildman–Crippen LogP) is 2.44. The maximum Gasteiger partial charge on any atom is 0.337 e. The summed E-state index contributed by atoms with van der Waals surface area (Å²) in [6, 6.07) is 4.90. The Bertz CT molecular complexity index is 433. The summed E-state index contributed by atoms with van der Waals surface area (Å²) in [5, 5.41) is 12.4. The van der Waals surface area contributed by atoms with Crippen LogP contribution < -0.4 is 11.1 Å². The molecule has 0 amide bonds. The van der Waals surface area contributed by atoms with Gasteiger partial charge in [-0.05, 0) is 31.0 Å². The molecule has 1 aromatic carbocycles. The van der Waals surface area contributed by atoms with Gasteiger partial charge in [-0.25, -0.2) is 4.79 Å². The first-order valence-corrected chi connectivity index (χ1v) is 6.42. The summed E-state index contributed by atoms with van der Waals surface area (Å²) in [4.78, 5) is 11.2. The predicted molar refractivity (Wildman–Crippen MR) is 76.6 cm³/mol. The number of rotatable bonds is 7. The maximum absolute atomic E-state index is 11.2. The van der Waals surface area contributed by atoms with Gasteiger partial charge in [0.1, 0.15) is 0 Å². The Balaban J connectivity index is 2.92. The van der Waals surface area contributed by atoms with Gasteiger partial charge in [0.25, 0.3) is 0 Å². The highest BCUT2D eigenvalue weighted by atomic mass is 16.5. The number of anilines is 2. The second-order valence-corrected chi connectivity index (χ2v) is 4.76. The lowest BCUT2D eigenvalue weighted by Gasteiger charge is -2.24. The topological polar surface area (TPSA) is 84.6 Å². The van der Waals surface area contributed by atoms with Gasteiger partial charge in [-0.1, -0.05) is 13.8 Å². The van der Waals surface area contributed by atoms with Crippen LogP contribution in [0.25, 0.3) is 0 Å². The highest BCUT2D eigenvalue weighted by molar-refractivity contribution is 5.95. The summed E-state index contributed by atoms with van der Waals surface area (Å²) in [5.41, 5.74) is 6.81. The lowest BCUT2D eigenvalue weighted by Crippen LogP contribution is -2.31. The van der Waals surface area contributed by atoms with Crippen LogP contribution in [0, 0.1) is 5.92 Å². The SMILES string of the molecule is CCOCC(Nc1ccc(N)cc1C(=O)O)C(C)C. The molecule has 0 aliphatic rings. The monoisotopic (exact) mass is 266 g/mol. The smallest absolute Gasteiger partial charge is 0.337 e. The van der Waals surface area contributed by atoms with Gasteiger partial charge in [-0.15, -0.1) is 0 Å².